The number of hydrogen-bond donors (Lipinski definition) is 1. The molecule has 2 heterocycles. The molecule has 4 rings (SSSR count). The quantitative estimate of drug-likeness (QED) is 0.542. The van der Waals surface area contributed by atoms with Crippen LogP contribution in [0.5, 0.6) is 5.75 Å². The number of benzene rings is 2. The van der Waals surface area contributed by atoms with Crippen molar-refractivity contribution in [1.82, 2.24) is 4.98 Å². The van der Waals surface area contributed by atoms with Gasteiger partial charge in [0.25, 0.3) is 0 Å². The molecule has 5 nitrogen and oxygen atoms in total. The maximum atomic E-state index is 12.2. The monoisotopic (exact) mass is 350 g/mol. The summed E-state index contributed by atoms with van der Waals surface area (Å²) in [5.74, 6) is 0.316. The summed E-state index contributed by atoms with van der Waals surface area (Å²) in [6.45, 7) is 0. The molecular weight excluding hydrogens is 336 g/mol. The van der Waals surface area contributed by atoms with Gasteiger partial charge >= 0.3 is 0 Å². The number of amides is 1. The number of aromatic nitrogens is 1. The van der Waals surface area contributed by atoms with Crippen molar-refractivity contribution >= 4 is 50.9 Å². The maximum Gasteiger partial charge on any atom is 0.248 e. The Morgan fingerprint density at radius 3 is 2.92 bits per heavy atom. The lowest BCUT2D eigenvalue weighted by Crippen LogP contribution is -2.08. The molecule has 1 N–H and O–H groups in total. The number of furan rings is 1. The number of rotatable bonds is 4. The second kappa shape index (κ2) is 6.41. The van der Waals surface area contributed by atoms with Crippen molar-refractivity contribution in [2.45, 2.75) is 0 Å². The molecule has 0 saturated heterocycles. The van der Waals surface area contributed by atoms with E-state index in [0.717, 1.165) is 22.0 Å². The number of carbonyl (C=O) groups excluding carboxylic acids is 1. The second-order valence-electron chi connectivity index (χ2n) is 5.38. The molecule has 0 atom stereocenters. The average molecular weight is 350 g/mol. The van der Waals surface area contributed by atoms with E-state index in [1.54, 1.807) is 24.8 Å². The van der Waals surface area contributed by atoms with E-state index in [0.29, 0.717) is 17.0 Å². The third kappa shape index (κ3) is 2.99. The average Bonchev–Trinajstić information content (AvgIpc) is 3.26. The summed E-state index contributed by atoms with van der Waals surface area (Å²) in [6.07, 6.45) is 3.11. The highest BCUT2D eigenvalue weighted by Gasteiger charge is 2.13. The van der Waals surface area contributed by atoms with E-state index in [1.807, 2.05) is 35.7 Å². The van der Waals surface area contributed by atoms with Gasteiger partial charge in [-0.05, 0) is 18.2 Å². The summed E-state index contributed by atoms with van der Waals surface area (Å²) in [6, 6.07) is 11.5. The Morgan fingerprint density at radius 1 is 1.24 bits per heavy atom. The number of anilines is 1. The highest BCUT2D eigenvalue weighted by atomic mass is 32.1. The smallest absolute Gasteiger partial charge is 0.248 e. The van der Waals surface area contributed by atoms with Crippen LogP contribution in [0.2, 0.25) is 0 Å². The van der Waals surface area contributed by atoms with Gasteiger partial charge in [-0.25, -0.2) is 4.98 Å². The second-order valence-corrected chi connectivity index (χ2v) is 6.10. The molecule has 0 radical (unpaired) electrons. The topological polar surface area (TPSA) is 64.4 Å². The molecule has 1 amide bonds. The minimum Gasteiger partial charge on any atom is -0.495 e. The fourth-order valence-corrected chi connectivity index (χ4v) is 3.18. The highest BCUT2D eigenvalue weighted by Crippen LogP contribution is 2.36. The van der Waals surface area contributed by atoms with Crippen molar-refractivity contribution in [1.29, 1.82) is 0 Å². The van der Waals surface area contributed by atoms with Crippen molar-refractivity contribution < 1.29 is 13.9 Å². The van der Waals surface area contributed by atoms with E-state index in [9.17, 15) is 4.79 Å². The molecule has 4 aromatic rings. The first kappa shape index (κ1) is 15.4. The van der Waals surface area contributed by atoms with E-state index in [2.05, 4.69) is 10.3 Å². The van der Waals surface area contributed by atoms with Gasteiger partial charge in [-0.15, -0.1) is 11.3 Å². The number of nitrogens with zero attached hydrogens (tertiary/aromatic N) is 1. The normalized spacial score (nSPS) is 11.4. The van der Waals surface area contributed by atoms with E-state index in [-0.39, 0.29) is 5.91 Å². The van der Waals surface area contributed by atoms with Crippen LogP contribution < -0.4 is 10.1 Å². The Kier molecular flexibility index (Phi) is 3.95. The fourth-order valence-electron chi connectivity index (χ4n) is 2.66. The van der Waals surface area contributed by atoms with Crippen LogP contribution in [0, 0.1) is 0 Å². The molecule has 0 fully saturated rings. The lowest BCUT2D eigenvalue weighted by molar-refractivity contribution is -0.111. The van der Waals surface area contributed by atoms with Crippen LogP contribution in [-0.2, 0) is 4.79 Å². The van der Waals surface area contributed by atoms with E-state index in [1.165, 1.54) is 17.4 Å². The zero-order chi connectivity index (χ0) is 17.2. The SMILES string of the molecule is COc1cc2c(cc1NC(=O)/C=C/c1cscn1)oc1ccccc12. The van der Waals surface area contributed by atoms with Gasteiger partial charge in [-0.1, -0.05) is 18.2 Å². The molecule has 0 spiro atoms. The van der Waals surface area contributed by atoms with Crippen LogP contribution in [0.1, 0.15) is 5.69 Å². The molecule has 0 saturated carbocycles. The number of hydrogen-bond acceptors (Lipinski definition) is 5. The molecule has 2 aromatic heterocycles. The molecule has 0 aliphatic carbocycles. The molecule has 25 heavy (non-hydrogen) atoms. The number of carbonyl (C=O) groups is 1. The maximum absolute atomic E-state index is 12.2. The van der Waals surface area contributed by atoms with Gasteiger partial charge in [0.05, 0.1) is 24.0 Å². The molecule has 0 unspecified atom stereocenters. The summed E-state index contributed by atoms with van der Waals surface area (Å²) in [5.41, 5.74) is 4.52. The zero-order valence-corrected chi connectivity index (χ0v) is 14.2. The van der Waals surface area contributed by atoms with E-state index in [4.69, 9.17) is 9.15 Å². The largest absolute Gasteiger partial charge is 0.495 e. The van der Waals surface area contributed by atoms with Gasteiger partial charge in [-0.2, -0.15) is 0 Å². The van der Waals surface area contributed by atoms with Crippen LogP contribution in [0.25, 0.3) is 28.0 Å². The molecular formula is C19H14N2O3S. The van der Waals surface area contributed by atoms with Crippen molar-refractivity contribution in [2.24, 2.45) is 0 Å². The Morgan fingerprint density at radius 2 is 2.12 bits per heavy atom. The lowest BCUT2D eigenvalue weighted by atomic mass is 10.1. The number of thiazole rings is 1. The predicted octanol–water partition coefficient (Wildman–Crippen LogP) is 4.70. The number of ether oxygens (including phenoxy) is 1. The Hall–Kier alpha value is -3.12. The molecule has 6 heteroatoms. The minimum absolute atomic E-state index is 0.262. The number of nitrogens with one attached hydrogen (secondary N) is 1. The predicted molar refractivity (Wildman–Crippen MR) is 100 cm³/mol. The van der Waals surface area contributed by atoms with Gasteiger partial charge < -0.3 is 14.5 Å². The van der Waals surface area contributed by atoms with Crippen molar-refractivity contribution in [3.05, 3.63) is 59.1 Å². The highest BCUT2D eigenvalue weighted by molar-refractivity contribution is 7.07. The number of para-hydroxylation sites is 1. The molecule has 0 bridgehead atoms. The molecule has 0 aliphatic heterocycles. The van der Waals surface area contributed by atoms with Crippen LogP contribution in [0.15, 0.2) is 57.8 Å². The van der Waals surface area contributed by atoms with Crippen molar-refractivity contribution in [3.63, 3.8) is 0 Å². The lowest BCUT2D eigenvalue weighted by Gasteiger charge is -2.08. The summed E-state index contributed by atoms with van der Waals surface area (Å²) in [4.78, 5) is 16.3. The van der Waals surface area contributed by atoms with Crippen LogP contribution in [0.4, 0.5) is 5.69 Å². The van der Waals surface area contributed by atoms with E-state index < -0.39 is 0 Å². The summed E-state index contributed by atoms with van der Waals surface area (Å²) < 4.78 is 11.3. The first-order valence-corrected chi connectivity index (χ1v) is 8.55. The molecule has 0 aliphatic rings. The Labute approximate surface area is 147 Å². The zero-order valence-electron chi connectivity index (χ0n) is 13.4. The van der Waals surface area contributed by atoms with Crippen LogP contribution in [0.3, 0.4) is 0 Å². The Bertz CT molecular complexity index is 1080. The summed E-state index contributed by atoms with van der Waals surface area (Å²) in [7, 11) is 1.57. The Balaban J connectivity index is 1.68. The van der Waals surface area contributed by atoms with Gasteiger partial charge in [0.2, 0.25) is 5.91 Å². The number of methoxy groups -OCH3 is 1. The van der Waals surface area contributed by atoms with Crippen LogP contribution in [-0.4, -0.2) is 18.0 Å². The van der Waals surface area contributed by atoms with Gasteiger partial charge in [-0.3, -0.25) is 4.79 Å². The minimum atomic E-state index is -0.262. The van der Waals surface area contributed by atoms with Gasteiger partial charge in [0, 0.05) is 28.3 Å². The third-order valence-corrected chi connectivity index (χ3v) is 4.42. The van der Waals surface area contributed by atoms with Crippen molar-refractivity contribution in [3.8, 4) is 5.75 Å². The molecule has 2 aromatic carbocycles. The first-order chi connectivity index (χ1) is 12.2. The fraction of sp³-hybridized carbons (Fsp3) is 0.0526. The van der Waals surface area contributed by atoms with Gasteiger partial charge in [0.1, 0.15) is 16.9 Å². The summed E-state index contributed by atoms with van der Waals surface area (Å²) in [5, 5.41) is 6.65. The van der Waals surface area contributed by atoms with Gasteiger partial charge in [0.15, 0.2) is 0 Å². The summed E-state index contributed by atoms with van der Waals surface area (Å²) >= 11 is 1.48. The van der Waals surface area contributed by atoms with Crippen molar-refractivity contribution in [2.75, 3.05) is 12.4 Å². The van der Waals surface area contributed by atoms with Crippen LogP contribution >= 0.6 is 11.3 Å². The first-order valence-electron chi connectivity index (χ1n) is 7.61. The molecule has 124 valence electrons. The standard InChI is InChI=1S/C19H14N2O3S/c1-23-18-8-14-13-4-2-3-5-16(13)24-17(14)9-15(18)21-19(22)7-6-12-10-25-11-20-12/h2-11H,1H3,(H,21,22)/b7-6+. The third-order valence-electron chi connectivity index (χ3n) is 3.81. The number of fused-ring (bicyclic) bond motifs is 3. The van der Waals surface area contributed by atoms with E-state index >= 15 is 0 Å².